The van der Waals surface area contributed by atoms with Gasteiger partial charge in [0.15, 0.2) is 0 Å². The quantitative estimate of drug-likeness (QED) is 0.654. The molecule has 0 aromatic carbocycles. The summed E-state index contributed by atoms with van der Waals surface area (Å²) in [5, 5.41) is 13.8. The summed E-state index contributed by atoms with van der Waals surface area (Å²) in [7, 11) is 1.45. The topological polar surface area (TPSA) is 103 Å². The van der Waals surface area contributed by atoms with Crippen molar-refractivity contribution in [3.63, 3.8) is 0 Å². The second-order valence-electron chi connectivity index (χ2n) is 3.98. The fourth-order valence-electron chi connectivity index (χ4n) is 1.51. The molecular formula is C12H13N5O3. The molecule has 8 nitrogen and oxygen atoms in total. The normalized spacial score (nSPS) is 10.1. The minimum atomic E-state index is -0.504. The lowest BCUT2D eigenvalue weighted by atomic mass is 10.3. The molecule has 2 rings (SSSR count). The van der Waals surface area contributed by atoms with Crippen molar-refractivity contribution in [3.05, 3.63) is 46.0 Å². The number of anilines is 1. The molecular weight excluding hydrogens is 262 g/mol. The van der Waals surface area contributed by atoms with Crippen molar-refractivity contribution in [2.75, 3.05) is 12.4 Å². The van der Waals surface area contributed by atoms with Crippen LogP contribution in [0.2, 0.25) is 0 Å². The predicted octanol–water partition coefficient (Wildman–Crippen LogP) is 1.71. The van der Waals surface area contributed by atoms with Crippen molar-refractivity contribution in [2.45, 2.75) is 13.5 Å². The van der Waals surface area contributed by atoms with E-state index >= 15 is 0 Å². The highest BCUT2D eigenvalue weighted by Crippen LogP contribution is 2.25. The summed E-state index contributed by atoms with van der Waals surface area (Å²) in [6.07, 6.45) is 3.23. The summed E-state index contributed by atoms with van der Waals surface area (Å²) in [5.41, 5.74) is 1.35. The van der Waals surface area contributed by atoms with Gasteiger partial charge >= 0.3 is 5.69 Å². The van der Waals surface area contributed by atoms with E-state index in [1.165, 1.54) is 19.2 Å². The molecule has 0 saturated carbocycles. The zero-order valence-electron chi connectivity index (χ0n) is 11.0. The Morgan fingerprint density at radius 1 is 1.35 bits per heavy atom. The highest BCUT2D eigenvalue weighted by atomic mass is 16.6. The molecule has 8 heteroatoms. The lowest BCUT2D eigenvalue weighted by Gasteiger charge is -2.07. The van der Waals surface area contributed by atoms with E-state index in [0.29, 0.717) is 11.6 Å². The van der Waals surface area contributed by atoms with E-state index in [1.54, 1.807) is 12.4 Å². The fourth-order valence-corrected chi connectivity index (χ4v) is 1.51. The number of nitrogens with one attached hydrogen (secondary N) is 1. The van der Waals surface area contributed by atoms with E-state index < -0.39 is 4.92 Å². The Kier molecular flexibility index (Phi) is 4.04. The molecule has 2 heterocycles. The van der Waals surface area contributed by atoms with Crippen LogP contribution in [0.1, 0.15) is 11.4 Å². The van der Waals surface area contributed by atoms with Crippen molar-refractivity contribution in [3.8, 4) is 5.88 Å². The maximum atomic E-state index is 10.9. The number of ether oxygens (including phenoxy) is 1. The minimum Gasteiger partial charge on any atom is -0.481 e. The Balaban J connectivity index is 2.18. The highest BCUT2D eigenvalue weighted by Gasteiger charge is 2.16. The van der Waals surface area contributed by atoms with Crippen molar-refractivity contribution in [1.82, 2.24) is 15.0 Å². The first-order chi connectivity index (χ1) is 9.60. The van der Waals surface area contributed by atoms with Crippen molar-refractivity contribution in [1.29, 1.82) is 0 Å². The summed E-state index contributed by atoms with van der Waals surface area (Å²) in [6, 6.07) is 2.78. The zero-order chi connectivity index (χ0) is 14.5. The van der Waals surface area contributed by atoms with Crippen molar-refractivity contribution in [2.24, 2.45) is 0 Å². The Morgan fingerprint density at radius 3 is 2.75 bits per heavy atom. The molecule has 0 spiro atoms. The third-order valence-electron chi connectivity index (χ3n) is 2.53. The SMILES string of the molecule is COc1ccc([N+](=O)[O-])c(NCc2cnc(C)cn2)n1. The van der Waals surface area contributed by atoms with Crippen LogP contribution in [0.5, 0.6) is 5.88 Å². The number of methoxy groups -OCH3 is 1. The Hall–Kier alpha value is -2.77. The molecule has 0 bridgehead atoms. The number of rotatable bonds is 5. The number of aryl methyl sites for hydroxylation is 1. The van der Waals surface area contributed by atoms with Gasteiger partial charge in [-0.3, -0.25) is 20.1 Å². The van der Waals surface area contributed by atoms with E-state index in [-0.39, 0.29) is 18.1 Å². The number of hydrogen-bond donors (Lipinski definition) is 1. The first kappa shape index (κ1) is 13.7. The van der Waals surface area contributed by atoms with E-state index in [0.717, 1.165) is 5.69 Å². The Morgan fingerprint density at radius 2 is 2.15 bits per heavy atom. The molecule has 20 heavy (non-hydrogen) atoms. The van der Waals surface area contributed by atoms with Gasteiger partial charge in [0.2, 0.25) is 11.7 Å². The summed E-state index contributed by atoms with van der Waals surface area (Å²) < 4.78 is 4.96. The van der Waals surface area contributed by atoms with Crippen LogP contribution < -0.4 is 10.1 Å². The molecule has 2 aromatic heterocycles. The number of aromatic nitrogens is 3. The average Bonchev–Trinajstić information content (AvgIpc) is 2.46. The Labute approximate surface area is 115 Å². The van der Waals surface area contributed by atoms with Gasteiger partial charge < -0.3 is 10.1 Å². The Bertz CT molecular complexity index is 615. The van der Waals surface area contributed by atoms with Gasteiger partial charge in [-0.2, -0.15) is 4.98 Å². The van der Waals surface area contributed by atoms with Gasteiger partial charge in [0, 0.05) is 18.3 Å². The van der Waals surface area contributed by atoms with Crippen LogP contribution >= 0.6 is 0 Å². The predicted molar refractivity (Wildman–Crippen MR) is 71.5 cm³/mol. The van der Waals surface area contributed by atoms with Gasteiger partial charge in [0.1, 0.15) is 0 Å². The van der Waals surface area contributed by atoms with Crippen LogP contribution in [0.15, 0.2) is 24.5 Å². The highest BCUT2D eigenvalue weighted by molar-refractivity contribution is 5.57. The van der Waals surface area contributed by atoms with Gasteiger partial charge in [-0.1, -0.05) is 0 Å². The summed E-state index contributed by atoms with van der Waals surface area (Å²) in [6.45, 7) is 2.12. The monoisotopic (exact) mass is 275 g/mol. The maximum absolute atomic E-state index is 10.9. The fraction of sp³-hybridized carbons (Fsp3) is 0.250. The molecule has 104 valence electrons. The largest absolute Gasteiger partial charge is 0.481 e. The average molecular weight is 275 g/mol. The molecule has 0 aliphatic heterocycles. The van der Waals surface area contributed by atoms with E-state index in [2.05, 4.69) is 20.3 Å². The molecule has 0 aliphatic carbocycles. The van der Waals surface area contributed by atoms with Gasteiger partial charge in [-0.25, -0.2) is 0 Å². The zero-order valence-corrected chi connectivity index (χ0v) is 11.0. The maximum Gasteiger partial charge on any atom is 0.311 e. The molecule has 0 amide bonds. The second-order valence-corrected chi connectivity index (χ2v) is 3.98. The molecule has 0 saturated heterocycles. The van der Waals surface area contributed by atoms with Gasteiger partial charge in [-0.15, -0.1) is 0 Å². The molecule has 0 unspecified atom stereocenters. The van der Waals surface area contributed by atoms with Gasteiger partial charge in [0.05, 0.1) is 36.2 Å². The van der Waals surface area contributed by atoms with E-state index in [1.807, 2.05) is 6.92 Å². The number of hydrogen-bond acceptors (Lipinski definition) is 7. The molecule has 0 radical (unpaired) electrons. The van der Waals surface area contributed by atoms with Crippen LogP contribution in [-0.2, 0) is 6.54 Å². The van der Waals surface area contributed by atoms with Crippen LogP contribution in [0.25, 0.3) is 0 Å². The van der Waals surface area contributed by atoms with E-state index in [4.69, 9.17) is 4.74 Å². The third kappa shape index (κ3) is 3.16. The van der Waals surface area contributed by atoms with Crippen molar-refractivity contribution < 1.29 is 9.66 Å². The van der Waals surface area contributed by atoms with Crippen LogP contribution in [-0.4, -0.2) is 27.0 Å². The number of nitrogens with zero attached hydrogens (tertiary/aromatic N) is 4. The summed E-state index contributed by atoms with van der Waals surface area (Å²) >= 11 is 0. The third-order valence-corrected chi connectivity index (χ3v) is 2.53. The van der Waals surface area contributed by atoms with Gasteiger partial charge in [-0.05, 0) is 6.92 Å². The number of nitro groups is 1. The van der Waals surface area contributed by atoms with Crippen LogP contribution in [0, 0.1) is 17.0 Å². The van der Waals surface area contributed by atoms with Crippen LogP contribution in [0.4, 0.5) is 11.5 Å². The first-order valence-electron chi connectivity index (χ1n) is 5.81. The van der Waals surface area contributed by atoms with E-state index in [9.17, 15) is 10.1 Å². The number of pyridine rings is 1. The first-order valence-corrected chi connectivity index (χ1v) is 5.81. The molecule has 0 fully saturated rings. The summed E-state index contributed by atoms with van der Waals surface area (Å²) in [4.78, 5) is 22.7. The molecule has 1 N–H and O–H groups in total. The molecule has 0 atom stereocenters. The van der Waals surface area contributed by atoms with Crippen molar-refractivity contribution >= 4 is 11.5 Å². The standard InChI is InChI=1S/C12H13N5O3/c1-8-5-14-9(6-13-8)7-15-12-10(17(18)19)3-4-11(16-12)20-2/h3-6H,7H2,1-2H3,(H,15,16). The molecule has 2 aromatic rings. The minimum absolute atomic E-state index is 0.120. The van der Waals surface area contributed by atoms with Gasteiger partial charge in [0.25, 0.3) is 0 Å². The lowest BCUT2D eigenvalue weighted by molar-refractivity contribution is -0.384. The smallest absolute Gasteiger partial charge is 0.311 e. The summed E-state index contributed by atoms with van der Waals surface area (Å²) in [5.74, 6) is 0.435. The lowest BCUT2D eigenvalue weighted by Crippen LogP contribution is -2.07. The second kappa shape index (κ2) is 5.91. The van der Waals surface area contributed by atoms with Crippen LogP contribution in [0.3, 0.4) is 0 Å². The molecule has 0 aliphatic rings.